The van der Waals surface area contributed by atoms with Crippen LogP contribution in [0.5, 0.6) is 5.75 Å². The molecule has 0 saturated carbocycles. The van der Waals surface area contributed by atoms with Gasteiger partial charge in [-0.1, -0.05) is 6.07 Å². The Hall–Kier alpha value is -2.29. The van der Waals surface area contributed by atoms with E-state index in [4.69, 9.17) is 10.5 Å². The molecule has 0 saturated heterocycles. The number of ether oxygens (including phenoxy) is 2. The van der Waals surface area contributed by atoms with Crippen LogP contribution in [0.3, 0.4) is 0 Å². The molecular formula is C19H23ClN2O5S. The smallest absolute Gasteiger partial charge is 0.337 e. The molecule has 2 aromatic carbocycles. The van der Waals surface area contributed by atoms with E-state index in [1.165, 1.54) is 32.4 Å². The number of fused-ring (bicyclic) bond motifs is 1. The number of nitrogen functional groups attached to an aromatic ring is 1. The molecule has 7 nitrogen and oxygen atoms in total. The Morgan fingerprint density at radius 2 is 1.93 bits per heavy atom. The lowest BCUT2D eigenvalue weighted by Gasteiger charge is -2.26. The Balaban J connectivity index is 0.00000280. The van der Waals surface area contributed by atoms with E-state index in [1.54, 1.807) is 6.07 Å². The molecule has 3 N–H and O–H groups in total. The van der Waals surface area contributed by atoms with Crippen molar-refractivity contribution in [2.75, 3.05) is 20.0 Å². The van der Waals surface area contributed by atoms with Crippen molar-refractivity contribution in [2.45, 2.75) is 30.2 Å². The van der Waals surface area contributed by atoms with Crippen LogP contribution in [0.4, 0.5) is 5.69 Å². The number of nitrogens with two attached hydrogens (primary N) is 1. The third kappa shape index (κ3) is 4.40. The molecule has 0 heterocycles. The maximum atomic E-state index is 13.0. The van der Waals surface area contributed by atoms with E-state index in [9.17, 15) is 13.2 Å². The first-order chi connectivity index (χ1) is 12.9. The van der Waals surface area contributed by atoms with Gasteiger partial charge in [0.2, 0.25) is 10.0 Å². The second-order valence-electron chi connectivity index (χ2n) is 6.38. The van der Waals surface area contributed by atoms with Gasteiger partial charge in [0, 0.05) is 11.7 Å². The van der Waals surface area contributed by atoms with Gasteiger partial charge in [0.15, 0.2) is 0 Å². The van der Waals surface area contributed by atoms with Crippen molar-refractivity contribution in [3.63, 3.8) is 0 Å². The van der Waals surface area contributed by atoms with E-state index in [-0.39, 0.29) is 34.7 Å². The lowest BCUT2D eigenvalue weighted by molar-refractivity contribution is 0.0600. The lowest BCUT2D eigenvalue weighted by Crippen LogP contribution is -2.31. The molecule has 0 radical (unpaired) electrons. The van der Waals surface area contributed by atoms with E-state index < -0.39 is 16.0 Å². The fourth-order valence-corrected chi connectivity index (χ4v) is 4.74. The van der Waals surface area contributed by atoms with Crippen LogP contribution >= 0.6 is 12.4 Å². The number of carbonyl (C=O) groups is 1. The highest BCUT2D eigenvalue weighted by atomic mass is 35.5. The number of esters is 1. The normalized spacial score (nSPS) is 15.9. The molecular weight excluding hydrogens is 404 g/mol. The number of nitrogens with one attached hydrogen (secondary N) is 1. The topological polar surface area (TPSA) is 108 Å². The second-order valence-corrected chi connectivity index (χ2v) is 8.06. The van der Waals surface area contributed by atoms with Crippen LogP contribution in [0.25, 0.3) is 0 Å². The Bertz CT molecular complexity index is 978. The first-order valence-electron chi connectivity index (χ1n) is 8.52. The van der Waals surface area contributed by atoms with Crippen molar-refractivity contribution in [3.05, 3.63) is 53.1 Å². The molecule has 2 aromatic rings. The summed E-state index contributed by atoms with van der Waals surface area (Å²) in [6.45, 7) is 0. The number of hydrogen-bond donors (Lipinski definition) is 2. The first kappa shape index (κ1) is 22.0. The van der Waals surface area contributed by atoms with Crippen molar-refractivity contribution in [2.24, 2.45) is 0 Å². The molecule has 3 rings (SSSR count). The van der Waals surface area contributed by atoms with Gasteiger partial charge in [0.25, 0.3) is 0 Å². The summed E-state index contributed by atoms with van der Waals surface area (Å²) in [5.41, 5.74) is 8.71. The Kier molecular flexibility index (Phi) is 6.92. The monoisotopic (exact) mass is 426 g/mol. The maximum absolute atomic E-state index is 13.0. The zero-order valence-electron chi connectivity index (χ0n) is 15.6. The number of hydrogen-bond acceptors (Lipinski definition) is 6. The molecule has 1 atom stereocenters. The lowest BCUT2D eigenvalue weighted by atomic mass is 9.88. The summed E-state index contributed by atoms with van der Waals surface area (Å²) in [6, 6.07) is 9.30. The molecule has 9 heteroatoms. The fraction of sp³-hybridized carbons (Fsp3) is 0.316. The van der Waals surface area contributed by atoms with Crippen LogP contribution in [0, 0.1) is 0 Å². The Morgan fingerprint density at radius 1 is 1.18 bits per heavy atom. The molecule has 1 unspecified atom stereocenters. The molecule has 0 aromatic heterocycles. The SMILES string of the molecule is COC(=O)c1ccc(S(=O)(=O)NC2CCCc3cc(N)ccc32)c(OC)c1.Cl. The summed E-state index contributed by atoms with van der Waals surface area (Å²) < 4.78 is 38.6. The van der Waals surface area contributed by atoms with Crippen LogP contribution in [-0.2, 0) is 21.2 Å². The zero-order chi connectivity index (χ0) is 19.6. The van der Waals surface area contributed by atoms with E-state index >= 15 is 0 Å². The number of rotatable bonds is 5. The minimum absolute atomic E-state index is 0. The fourth-order valence-electron chi connectivity index (χ4n) is 3.34. The molecule has 0 spiro atoms. The number of methoxy groups -OCH3 is 2. The largest absolute Gasteiger partial charge is 0.495 e. The van der Waals surface area contributed by atoms with Gasteiger partial charge in [-0.2, -0.15) is 0 Å². The van der Waals surface area contributed by atoms with Crippen LogP contribution in [-0.4, -0.2) is 28.6 Å². The number of anilines is 1. The van der Waals surface area contributed by atoms with E-state index in [2.05, 4.69) is 9.46 Å². The second kappa shape index (κ2) is 8.81. The molecule has 0 fully saturated rings. The predicted octanol–water partition coefficient (Wildman–Crippen LogP) is 2.84. The predicted molar refractivity (Wildman–Crippen MR) is 108 cm³/mol. The van der Waals surface area contributed by atoms with Gasteiger partial charge in [-0.15, -0.1) is 12.4 Å². The van der Waals surface area contributed by atoms with Crippen molar-refractivity contribution in [1.29, 1.82) is 0 Å². The standard InChI is InChI=1S/C19H22N2O5S.ClH/c1-25-17-11-13(19(22)26-2)6-9-18(17)27(23,24)21-16-5-3-4-12-10-14(20)7-8-15(12)16;/h6-11,16,21H,3-5,20H2,1-2H3;1H. The molecule has 1 aliphatic rings. The number of halogens is 1. The summed E-state index contributed by atoms with van der Waals surface area (Å²) in [7, 11) is -1.25. The van der Waals surface area contributed by atoms with E-state index in [0.717, 1.165) is 24.0 Å². The van der Waals surface area contributed by atoms with Crippen molar-refractivity contribution in [1.82, 2.24) is 4.72 Å². The summed E-state index contributed by atoms with van der Waals surface area (Å²) in [5, 5.41) is 0. The third-order valence-electron chi connectivity index (χ3n) is 4.65. The van der Waals surface area contributed by atoms with Gasteiger partial charge >= 0.3 is 5.97 Å². The number of carbonyl (C=O) groups excluding carboxylic acids is 1. The van der Waals surface area contributed by atoms with E-state index in [1.807, 2.05) is 12.1 Å². The Labute approximate surface area is 170 Å². The highest BCUT2D eigenvalue weighted by Crippen LogP contribution is 2.33. The average Bonchev–Trinajstić information content (AvgIpc) is 2.66. The van der Waals surface area contributed by atoms with Crippen molar-refractivity contribution >= 4 is 34.1 Å². The molecule has 1 aliphatic carbocycles. The number of sulfonamides is 1. The molecule has 28 heavy (non-hydrogen) atoms. The van der Waals surface area contributed by atoms with Gasteiger partial charge in [-0.25, -0.2) is 17.9 Å². The zero-order valence-corrected chi connectivity index (χ0v) is 17.2. The van der Waals surface area contributed by atoms with Gasteiger partial charge < -0.3 is 15.2 Å². The molecule has 152 valence electrons. The first-order valence-corrected chi connectivity index (χ1v) is 10.0. The Morgan fingerprint density at radius 3 is 2.61 bits per heavy atom. The minimum Gasteiger partial charge on any atom is -0.495 e. The summed E-state index contributed by atoms with van der Waals surface area (Å²) in [6.07, 6.45) is 2.43. The molecule has 0 amide bonds. The average molecular weight is 427 g/mol. The van der Waals surface area contributed by atoms with Crippen LogP contribution in [0.15, 0.2) is 41.3 Å². The summed E-state index contributed by atoms with van der Waals surface area (Å²) in [5.74, 6) is -0.484. The maximum Gasteiger partial charge on any atom is 0.337 e. The van der Waals surface area contributed by atoms with Crippen molar-refractivity contribution in [3.8, 4) is 5.75 Å². The molecule has 0 aliphatic heterocycles. The highest BCUT2D eigenvalue weighted by Gasteiger charge is 2.28. The van der Waals surface area contributed by atoms with Crippen molar-refractivity contribution < 1.29 is 22.7 Å². The van der Waals surface area contributed by atoms with Crippen LogP contribution in [0.2, 0.25) is 0 Å². The van der Waals surface area contributed by atoms with Gasteiger partial charge in [0.1, 0.15) is 10.6 Å². The highest BCUT2D eigenvalue weighted by molar-refractivity contribution is 7.89. The summed E-state index contributed by atoms with van der Waals surface area (Å²) >= 11 is 0. The number of benzene rings is 2. The van der Waals surface area contributed by atoms with Crippen LogP contribution < -0.4 is 15.2 Å². The molecule has 0 bridgehead atoms. The van der Waals surface area contributed by atoms with Crippen LogP contribution in [0.1, 0.15) is 40.4 Å². The number of aryl methyl sites for hydroxylation is 1. The third-order valence-corrected chi connectivity index (χ3v) is 6.16. The van der Waals surface area contributed by atoms with Gasteiger partial charge in [0.05, 0.1) is 19.8 Å². The van der Waals surface area contributed by atoms with E-state index in [0.29, 0.717) is 12.1 Å². The minimum atomic E-state index is -3.86. The van der Waals surface area contributed by atoms with Gasteiger partial charge in [-0.05, 0) is 60.7 Å². The summed E-state index contributed by atoms with van der Waals surface area (Å²) in [4.78, 5) is 11.6. The van der Waals surface area contributed by atoms with Gasteiger partial charge in [-0.3, -0.25) is 0 Å². The quantitative estimate of drug-likeness (QED) is 0.562.